The molecule has 106 valence electrons. The summed E-state index contributed by atoms with van der Waals surface area (Å²) >= 11 is 5.76. The SMILES string of the molecule is O=C(O)[C@@H]1CN(C(=O)c2ccc(Cl)cn2)c2ccccc21. The number of carboxylic acid groups (broad SMARTS) is 1. The van der Waals surface area contributed by atoms with Crippen LogP contribution < -0.4 is 4.90 Å². The average Bonchev–Trinajstić information content (AvgIpc) is 2.87. The number of pyridine rings is 1. The van der Waals surface area contributed by atoms with E-state index in [4.69, 9.17) is 11.6 Å². The summed E-state index contributed by atoms with van der Waals surface area (Å²) in [6, 6.07) is 10.1. The lowest BCUT2D eigenvalue weighted by Crippen LogP contribution is -2.31. The van der Waals surface area contributed by atoms with Crippen LogP contribution >= 0.6 is 11.6 Å². The molecule has 0 unspecified atom stereocenters. The van der Waals surface area contributed by atoms with E-state index < -0.39 is 11.9 Å². The lowest BCUT2D eigenvalue weighted by atomic mass is 10.0. The fourth-order valence-electron chi connectivity index (χ4n) is 2.45. The van der Waals surface area contributed by atoms with Gasteiger partial charge in [0, 0.05) is 18.4 Å². The molecule has 0 saturated heterocycles. The van der Waals surface area contributed by atoms with Crippen LogP contribution in [0.4, 0.5) is 5.69 Å². The van der Waals surface area contributed by atoms with Gasteiger partial charge in [-0.15, -0.1) is 0 Å². The number of carbonyl (C=O) groups excluding carboxylic acids is 1. The van der Waals surface area contributed by atoms with Crippen LogP contribution in [0.2, 0.25) is 5.02 Å². The van der Waals surface area contributed by atoms with Crippen LogP contribution in [-0.4, -0.2) is 28.5 Å². The summed E-state index contributed by atoms with van der Waals surface area (Å²) in [4.78, 5) is 29.3. The first-order valence-electron chi connectivity index (χ1n) is 6.33. The molecule has 0 spiro atoms. The molecule has 1 aliphatic heterocycles. The number of benzene rings is 1. The van der Waals surface area contributed by atoms with Gasteiger partial charge in [-0.05, 0) is 23.8 Å². The van der Waals surface area contributed by atoms with Crippen LogP contribution in [0.1, 0.15) is 22.0 Å². The highest BCUT2D eigenvalue weighted by Crippen LogP contribution is 2.36. The summed E-state index contributed by atoms with van der Waals surface area (Å²) in [5.74, 6) is -1.98. The summed E-state index contributed by atoms with van der Waals surface area (Å²) in [6.07, 6.45) is 1.39. The molecule has 1 amide bonds. The predicted octanol–water partition coefficient (Wildman–Crippen LogP) is 2.56. The standard InChI is InChI=1S/C15H11ClN2O3/c16-9-5-6-12(17-7-9)14(19)18-8-11(15(20)21)10-3-1-2-4-13(10)18/h1-7,11H,8H2,(H,20,21)/t11-/m1/s1. The van der Waals surface area contributed by atoms with Crippen molar-refractivity contribution in [3.63, 3.8) is 0 Å². The lowest BCUT2D eigenvalue weighted by Gasteiger charge is -2.16. The van der Waals surface area contributed by atoms with E-state index in [1.807, 2.05) is 0 Å². The quantitative estimate of drug-likeness (QED) is 0.925. The number of para-hydroxylation sites is 1. The van der Waals surface area contributed by atoms with Crippen LogP contribution in [-0.2, 0) is 4.79 Å². The van der Waals surface area contributed by atoms with E-state index in [0.717, 1.165) is 0 Å². The zero-order valence-corrected chi connectivity index (χ0v) is 11.6. The summed E-state index contributed by atoms with van der Waals surface area (Å²) in [5, 5.41) is 9.74. The van der Waals surface area contributed by atoms with Gasteiger partial charge in [-0.3, -0.25) is 9.59 Å². The van der Waals surface area contributed by atoms with Crippen LogP contribution in [0, 0.1) is 0 Å². The van der Waals surface area contributed by atoms with Crippen molar-refractivity contribution in [1.82, 2.24) is 4.98 Å². The zero-order valence-electron chi connectivity index (χ0n) is 10.9. The maximum Gasteiger partial charge on any atom is 0.312 e. The van der Waals surface area contributed by atoms with Crippen LogP contribution in [0.3, 0.4) is 0 Å². The van der Waals surface area contributed by atoms with Gasteiger partial charge in [0.25, 0.3) is 5.91 Å². The number of hydrogen-bond donors (Lipinski definition) is 1. The maximum atomic E-state index is 12.5. The number of carbonyl (C=O) groups is 2. The molecule has 21 heavy (non-hydrogen) atoms. The normalized spacial score (nSPS) is 16.6. The molecule has 3 rings (SSSR count). The Morgan fingerprint density at radius 3 is 2.67 bits per heavy atom. The molecular weight excluding hydrogens is 292 g/mol. The third-order valence-corrected chi connectivity index (χ3v) is 3.68. The molecule has 1 aromatic heterocycles. The Bertz CT molecular complexity index is 715. The van der Waals surface area contributed by atoms with Gasteiger partial charge in [0.1, 0.15) is 11.6 Å². The smallest absolute Gasteiger partial charge is 0.312 e. The highest BCUT2D eigenvalue weighted by atomic mass is 35.5. The molecule has 1 atom stereocenters. The number of halogens is 1. The van der Waals surface area contributed by atoms with Crippen molar-refractivity contribution in [2.24, 2.45) is 0 Å². The number of aromatic nitrogens is 1. The Kier molecular flexibility index (Phi) is 3.35. The maximum absolute atomic E-state index is 12.5. The highest BCUT2D eigenvalue weighted by molar-refractivity contribution is 6.30. The molecule has 0 bridgehead atoms. The van der Waals surface area contributed by atoms with Gasteiger partial charge in [-0.1, -0.05) is 29.8 Å². The number of rotatable bonds is 2. The Hall–Kier alpha value is -2.40. The molecule has 1 aromatic carbocycles. The Morgan fingerprint density at radius 1 is 1.24 bits per heavy atom. The van der Waals surface area contributed by atoms with E-state index in [1.165, 1.54) is 17.2 Å². The Labute approximate surface area is 125 Å². The van der Waals surface area contributed by atoms with Gasteiger partial charge in [0.2, 0.25) is 0 Å². The molecular formula is C15H11ClN2O3. The summed E-state index contributed by atoms with van der Waals surface area (Å²) in [7, 11) is 0. The Morgan fingerprint density at radius 2 is 2.00 bits per heavy atom. The van der Waals surface area contributed by atoms with Crippen molar-refractivity contribution in [3.8, 4) is 0 Å². The summed E-state index contributed by atoms with van der Waals surface area (Å²) in [6.45, 7) is 0.109. The summed E-state index contributed by atoms with van der Waals surface area (Å²) in [5.41, 5.74) is 1.50. The van der Waals surface area contributed by atoms with Crippen molar-refractivity contribution in [2.75, 3.05) is 11.4 Å². The van der Waals surface area contributed by atoms with Gasteiger partial charge in [-0.2, -0.15) is 0 Å². The number of fused-ring (bicyclic) bond motifs is 1. The van der Waals surface area contributed by atoms with Crippen LogP contribution in [0.15, 0.2) is 42.6 Å². The Balaban J connectivity index is 1.98. The van der Waals surface area contributed by atoms with Gasteiger partial charge in [-0.25, -0.2) is 4.98 Å². The molecule has 0 saturated carbocycles. The molecule has 6 heteroatoms. The minimum absolute atomic E-state index is 0.109. The van der Waals surface area contributed by atoms with Crippen molar-refractivity contribution in [1.29, 1.82) is 0 Å². The highest BCUT2D eigenvalue weighted by Gasteiger charge is 2.36. The van der Waals surface area contributed by atoms with E-state index in [0.29, 0.717) is 16.3 Å². The van der Waals surface area contributed by atoms with Crippen molar-refractivity contribution in [3.05, 3.63) is 58.9 Å². The largest absolute Gasteiger partial charge is 0.481 e. The lowest BCUT2D eigenvalue weighted by molar-refractivity contribution is -0.138. The van der Waals surface area contributed by atoms with Crippen molar-refractivity contribution >= 4 is 29.2 Å². The second-order valence-corrected chi connectivity index (χ2v) is 5.16. The predicted molar refractivity (Wildman–Crippen MR) is 77.7 cm³/mol. The van der Waals surface area contributed by atoms with E-state index >= 15 is 0 Å². The van der Waals surface area contributed by atoms with Gasteiger partial charge in [0.15, 0.2) is 0 Å². The van der Waals surface area contributed by atoms with Crippen LogP contribution in [0.5, 0.6) is 0 Å². The second-order valence-electron chi connectivity index (χ2n) is 4.73. The van der Waals surface area contributed by atoms with Crippen LogP contribution in [0.25, 0.3) is 0 Å². The topological polar surface area (TPSA) is 70.5 Å². The first kappa shape index (κ1) is 13.6. The fraction of sp³-hybridized carbons (Fsp3) is 0.133. The van der Waals surface area contributed by atoms with E-state index in [2.05, 4.69) is 4.98 Å². The van der Waals surface area contributed by atoms with Gasteiger partial charge in [0.05, 0.1) is 5.02 Å². The molecule has 2 heterocycles. The molecule has 5 nitrogen and oxygen atoms in total. The number of hydrogen-bond acceptors (Lipinski definition) is 3. The third kappa shape index (κ3) is 2.36. The minimum atomic E-state index is -0.943. The number of aliphatic carboxylic acids is 1. The summed E-state index contributed by atoms with van der Waals surface area (Å²) < 4.78 is 0. The van der Waals surface area contributed by atoms with Gasteiger partial charge >= 0.3 is 5.97 Å². The van der Waals surface area contributed by atoms with Gasteiger partial charge < -0.3 is 10.0 Å². The first-order valence-corrected chi connectivity index (χ1v) is 6.71. The van der Waals surface area contributed by atoms with E-state index in [1.54, 1.807) is 30.3 Å². The number of amides is 1. The third-order valence-electron chi connectivity index (χ3n) is 3.46. The number of carboxylic acids is 1. The van der Waals surface area contributed by atoms with Crippen molar-refractivity contribution in [2.45, 2.75) is 5.92 Å². The first-order chi connectivity index (χ1) is 10.1. The second kappa shape index (κ2) is 5.18. The fourth-order valence-corrected chi connectivity index (χ4v) is 2.56. The van der Waals surface area contributed by atoms with E-state index in [9.17, 15) is 14.7 Å². The average molecular weight is 303 g/mol. The van der Waals surface area contributed by atoms with E-state index in [-0.39, 0.29) is 18.1 Å². The number of anilines is 1. The molecule has 0 aliphatic carbocycles. The zero-order chi connectivity index (χ0) is 15.0. The number of nitrogens with zero attached hydrogens (tertiary/aromatic N) is 2. The van der Waals surface area contributed by atoms with Crippen molar-refractivity contribution < 1.29 is 14.7 Å². The molecule has 1 N–H and O–H groups in total. The molecule has 1 aliphatic rings. The monoisotopic (exact) mass is 302 g/mol. The molecule has 0 fully saturated rings. The minimum Gasteiger partial charge on any atom is -0.481 e. The molecule has 2 aromatic rings. The molecule has 0 radical (unpaired) electrons.